The zero-order valence-electron chi connectivity index (χ0n) is 31.9. The molecule has 4 aliphatic rings. The van der Waals surface area contributed by atoms with Crippen LogP contribution in [0.15, 0.2) is 194 Å². The fourth-order valence-corrected chi connectivity index (χ4v) is 12.2. The predicted octanol–water partition coefficient (Wildman–Crippen LogP) is 15.3. The summed E-state index contributed by atoms with van der Waals surface area (Å²) in [6.45, 7) is 0. The smallest absolute Gasteiger partial charge is 0.0967 e. The second-order valence-corrected chi connectivity index (χ2v) is 17.1. The van der Waals surface area contributed by atoms with Gasteiger partial charge in [-0.25, -0.2) is 0 Å². The normalized spacial score (nSPS) is 14.6. The molecule has 276 valence electrons. The summed E-state index contributed by atoms with van der Waals surface area (Å²) >= 11 is 9.53. The van der Waals surface area contributed by atoms with Gasteiger partial charge in [-0.05, 0) is 121 Å². The first-order valence-electron chi connectivity index (χ1n) is 20.4. The zero-order chi connectivity index (χ0) is 39.0. The van der Waals surface area contributed by atoms with E-state index in [0.29, 0.717) is 0 Å². The summed E-state index contributed by atoms with van der Waals surface area (Å²) in [5, 5.41) is 8.04. The second kappa shape index (κ2) is 12.1. The Kier molecular flexibility index (Phi) is 6.85. The summed E-state index contributed by atoms with van der Waals surface area (Å²) in [5.41, 5.74) is 21.0. The van der Waals surface area contributed by atoms with Gasteiger partial charge >= 0.3 is 0 Å². The van der Waals surface area contributed by atoms with Crippen LogP contribution in [0.2, 0.25) is 0 Å². The third-order valence-electron chi connectivity index (χ3n) is 14.1. The second-order valence-electron chi connectivity index (χ2n) is 16.3. The number of hydrogen-bond acceptors (Lipinski definition) is 0. The summed E-state index contributed by atoms with van der Waals surface area (Å²) in [6, 6.07) is 74.3. The molecule has 2 heteroatoms. The number of halogens is 2. The van der Waals surface area contributed by atoms with Crippen LogP contribution in [-0.2, 0) is 10.8 Å². The van der Waals surface area contributed by atoms with Crippen molar-refractivity contribution in [1.29, 1.82) is 0 Å². The van der Waals surface area contributed by atoms with Crippen molar-refractivity contribution < 1.29 is 0 Å². The molecule has 4 aliphatic carbocycles. The van der Waals surface area contributed by atoms with Gasteiger partial charge < -0.3 is 0 Å². The maximum absolute atomic E-state index is 4.76. The highest BCUT2D eigenvalue weighted by atomic mass is 35.5. The van der Waals surface area contributed by atoms with E-state index >= 15 is 0 Å². The van der Waals surface area contributed by atoms with Crippen LogP contribution in [0.3, 0.4) is 0 Å². The highest BCUT2D eigenvalue weighted by Crippen LogP contribution is 2.69. The number of fused-ring (bicyclic) bond motifs is 27. The van der Waals surface area contributed by atoms with Crippen LogP contribution < -0.4 is 0 Å². The Morgan fingerprint density at radius 1 is 0.271 bits per heavy atom. The summed E-state index contributed by atoms with van der Waals surface area (Å²) in [4.78, 5) is 0. The van der Waals surface area contributed by atoms with Crippen LogP contribution in [0.25, 0.3) is 76.8 Å². The van der Waals surface area contributed by atoms with Gasteiger partial charge in [0.1, 0.15) is 0 Å². The molecule has 0 aromatic heterocycles. The molecular weight excluding hydrogens is 756 g/mol. The number of benzene rings is 10. The van der Waals surface area contributed by atoms with E-state index < -0.39 is 10.8 Å². The van der Waals surface area contributed by atoms with Crippen LogP contribution in [0, 0.1) is 0 Å². The van der Waals surface area contributed by atoms with Gasteiger partial charge in [0.25, 0.3) is 0 Å². The summed E-state index contributed by atoms with van der Waals surface area (Å²) in [6.07, 6.45) is 0. The van der Waals surface area contributed by atoms with Crippen molar-refractivity contribution in [2.45, 2.75) is 10.8 Å². The van der Waals surface area contributed by atoms with Gasteiger partial charge in [-0.15, -0.1) is 23.2 Å². The van der Waals surface area contributed by atoms with Gasteiger partial charge in [0.2, 0.25) is 0 Å². The minimum atomic E-state index is -0.441. The first-order valence-corrected chi connectivity index (χ1v) is 21.5. The molecule has 0 nitrogen and oxygen atoms in total. The lowest BCUT2D eigenvalue weighted by molar-refractivity contribution is 0.793. The Balaban J connectivity index is 0.00000117. The standard InChI is InChI=1S/C56H32.CH2Cl2/c1-3-15-36-33(13-1)25-29-46-51(36)53-48(55(46)42-21-9-5-17-38(42)39-18-6-10-22-43(39)55)31-27-35-28-32-49-54(50(35)53)52-37-16-4-2-14-34(37)26-30-47(52)56(49)44-23-11-7-19-40(44)41-20-8-12-24-45(41)56;2-1-3/h1-32H;1H2. The van der Waals surface area contributed by atoms with E-state index in [-0.39, 0.29) is 5.34 Å². The number of alkyl halides is 2. The van der Waals surface area contributed by atoms with Gasteiger partial charge in [-0.3, -0.25) is 0 Å². The minimum Gasteiger partial charge on any atom is -0.109 e. The van der Waals surface area contributed by atoms with Gasteiger partial charge in [-0.2, -0.15) is 0 Å². The van der Waals surface area contributed by atoms with E-state index in [2.05, 4.69) is 194 Å². The third kappa shape index (κ3) is 3.93. The molecule has 0 radical (unpaired) electrons. The molecule has 0 aliphatic heterocycles. The SMILES string of the molecule is ClCCl.c1ccc2c(c1)-c1ccccc1C21c2ccc3ccccc3c2-c2c1ccc1ccc3c(c21)-c1c(ccc2ccccc12)C31c2ccccc2-c2ccccc21. The molecule has 0 N–H and O–H groups in total. The van der Waals surface area contributed by atoms with Crippen molar-refractivity contribution in [2.75, 3.05) is 5.34 Å². The first-order chi connectivity index (χ1) is 29.2. The lowest BCUT2D eigenvalue weighted by atomic mass is 9.69. The van der Waals surface area contributed by atoms with Gasteiger partial charge in [0.05, 0.1) is 16.2 Å². The van der Waals surface area contributed by atoms with Gasteiger partial charge in [0, 0.05) is 0 Å². The fourth-order valence-electron chi connectivity index (χ4n) is 12.2. The van der Waals surface area contributed by atoms with E-state index in [1.807, 2.05) is 0 Å². The molecule has 59 heavy (non-hydrogen) atoms. The average molecular weight is 790 g/mol. The van der Waals surface area contributed by atoms with E-state index in [4.69, 9.17) is 23.2 Å². The maximum atomic E-state index is 4.76. The maximum Gasteiger partial charge on any atom is 0.0967 e. The predicted molar refractivity (Wildman–Crippen MR) is 248 cm³/mol. The Labute approximate surface area is 353 Å². The zero-order valence-corrected chi connectivity index (χ0v) is 33.5. The van der Waals surface area contributed by atoms with Crippen LogP contribution in [0.1, 0.15) is 44.5 Å². The molecule has 0 bridgehead atoms. The van der Waals surface area contributed by atoms with E-state index in [1.165, 1.54) is 121 Å². The molecule has 10 aromatic rings. The first kappa shape index (κ1) is 33.5. The number of rotatable bonds is 0. The molecule has 2 spiro atoms. The Morgan fingerprint density at radius 3 is 0.932 bits per heavy atom. The highest BCUT2D eigenvalue weighted by Gasteiger charge is 2.55. The third-order valence-corrected chi connectivity index (χ3v) is 14.1. The van der Waals surface area contributed by atoms with Gasteiger partial charge in [-0.1, -0.05) is 194 Å². The van der Waals surface area contributed by atoms with Crippen LogP contribution in [0.4, 0.5) is 0 Å². The fraction of sp³-hybridized carbons (Fsp3) is 0.0526. The minimum absolute atomic E-state index is 0.194. The molecule has 0 heterocycles. The van der Waals surface area contributed by atoms with E-state index in [1.54, 1.807) is 0 Å². The van der Waals surface area contributed by atoms with Crippen molar-refractivity contribution in [3.63, 3.8) is 0 Å². The molecule has 0 fully saturated rings. The Morgan fingerprint density at radius 2 is 0.559 bits per heavy atom. The van der Waals surface area contributed by atoms with Crippen molar-refractivity contribution in [3.8, 4) is 44.5 Å². The summed E-state index contributed by atoms with van der Waals surface area (Å²) < 4.78 is 0. The lowest BCUT2D eigenvalue weighted by Gasteiger charge is -2.31. The molecular formula is C57H34Cl2. The largest absolute Gasteiger partial charge is 0.109 e. The quantitative estimate of drug-likeness (QED) is 0.134. The van der Waals surface area contributed by atoms with Crippen molar-refractivity contribution in [3.05, 3.63) is 239 Å². The van der Waals surface area contributed by atoms with Gasteiger partial charge in [0.15, 0.2) is 0 Å². The Hall–Kier alpha value is -6.44. The Bertz CT molecular complexity index is 3150. The van der Waals surface area contributed by atoms with E-state index in [9.17, 15) is 0 Å². The summed E-state index contributed by atoms with van der Waals surface area (Å²) in [7, 11) is 0. The molecule has 0 saturated carbocycles. The molecule has 10 aromatic carbocycles. The molecule has 14 rings (SSSR count). The lowest BCUT2D eigenvalue weighted by Crippen LogP contribution is -2.26. The number of hydrogen-bond donors (Lipinski definition) is 0. The average Bonchev–Trinajstić information content (AvgIpc) is 3.98. The van der Waals surface area contributed by atoms with Crippen molar-refractivity contribution in [2.24, 2.45) is 0 Å². The van der Waals surface area contributed by atoms with E-state index in [0.717, 1.165) is 0 Å². The van der Waals surface area contributed by atoms with Crippen molar-refractivity contribution >= 4 is 55.5 Å². The summed E-state index contributed by atoms with van der Waals surface area (Å²) in [5.74, 6) is 0. The molecule has 0 unspecified atom stereocenters. The topological polar surface area (TPSA) is 0 Å². The van der Waals surface area contributed by atoms with Crippen molar-refractivity contribution in [1.82, 2.24) is 0 Å². The molecule has 0 saturated heterocycles. The molecule has 0 atom stereocenters. The molecule has 0 amide bonds. The van der Waals surface area contributed by atoms with Crippen LogP contribution in [0.5, 0.6) is 0 Å². The monoisotopic (exact) mass is 788 g/mol. The van der Waals surface area contributed by atoms with Crippen LogP contribution >= 0.6 is 23.2 Å². The highest BCUT2D eigenvalue weighted by molar-refractivity contribution is 6.40. The van der Waals surface area contributed by atoms with Crippen LogP contribution in [-0.4, -0.2) is 5.34 Å².